The Hall–Kier alpha value is -1.24. The van der Waals surface area contributed by atoms with E-state index in [1.165, 1.54) is 11.1 Å². The molecule has 4 N–H and O–H groups in total. The summed E-state index contributed by atoms with van der Waals surface area (Å²) in [6, 6.07) is 5.69. The topological polar surface area (TPSA) is 84.6 Å². The molecule has 1 rings (SSSR count). The molecule has 0 bridgehead atoms. The Morgan fingerprint density at radius 2 is 1.95 bits per heavy atom. The first kappa shape index (κ1) is 19.8. The monoisotopic (exact) mass is 314 g/mol. The van der Waals surface area contributed by atoms with E-state index in [4.69, 9.17) is 15.6 Å². The highest BCUT2D eigenvalue weighted by molar-refractivity contribution is 7.80. The molecule has 6 heteroatoms. The van der Waals surface area contributed by atoms with E-state index in [-0.39, 0.29) is 6.04 Å². The van der Waals surface area contributed by atoms with Gasteiger partial charge in [0.05, 0.1) is 0 Å². The molecule has 0 aliphatic rings. The Morgan fingerprint density at radius 3 is 2.24 bits per heavy atom. The van der Waals surface area contributed by atoms with Crippen molar-refractivity contribution in [3.05, 3.63) is 29.3 Å². The van der Waals surface area contributed by atoms with Crippen molar-refractivity contribution in [3.63, 3.8) is 0 Å². The van der Waals surface area contributed by atoms with Crippen LogP contribution in [0.2, 0.25) is 0 Å². The fraction of sp³-hybridized carbons (Fsp3) is 0.533. The number of ether oxygens (including phenoxy) is 1. The molecule has 0 aliphatic carbocycles. The van der Waals surface area contributed by atoms with Crippen molar-refractivity contribution in [3.8, 4) is 5.75 Å². The van der Waals surface area contributed by atoms with Gasteiger partial charge in [0.15, 0.2) is 0 Å². The van der Waals surface area contributed by atoms with E-state index in [0.29, 0.717) is 12.4 Å². The zero-order valence-corrected chi connectivity index (χ0v) is 14.0. The fourth-order valence-electron chi connectivity index (χ4n) is 1.53. The quantitative estimate of drug-likeness (QED) is 0.600. The van der Waals surface area contributed by atoms with Crippen LogP contribution in [0.15, 0.2) is 18.2 Å². The average molecular weight is 314 g/mol. The normalized spacial score (nSPS) is 12.9. The van der Waals surface area contributed by atoms with E-state index >= 15 is 0 Å². The van der Waals surface area contributed by atoms with Crippen LogP contribution in [0.4, 0.5) is 0 Å². The summed E-state index contributed by atoms with van der Waals surface area (Å²) in [5, 5.41) is 10.8. The molecular weight excluding hydrogens is 288 g/mol. The summed E-state index contributed by atoms with van der Waals surface area (Å²) < 4.78 is 5.60. The maximum atomic E-state index is 10.1. The SMILES string of the molecule is CNC(CS)C(=O)O.Cc1cccc(C)c1OCC(C)N. The van der Waals surface area contributed by atoms with Gasteiger partial charge in [-0.2, -0.15) is 12.6 Å². The number of hydrogen-bond donors (Lipinski definition) is 4. The predicted molar refractivity (Wildman–Crippen MR) is 89.4 cm³/mol. The third-order valence-electron chi connectivity index (χ3n) is 2.73. The number of carboxylic acids is 1. The molecule has 1 aromatic carbocycles. The van der Waals surface area contributed by atoms with Gasteiger partial charge in [-0.1, -0.05) is 18.2 Å². The molecule has 0 heterocycles. The van der Waals surface area contributed by atoms with E-state index in [1.807, 2.05) is 39.0 Å². The van der Waals surface area contributed by atoms with Crippen LogP contribution in [0, 0.1) is 13.8 Å². The average Bonchev–Trinajstić information content (AvgIpc) is 2.39. The lowest BCUT2D eigenvalue weighted by Gasteiger charge is -2.13. The van der Waals surface area contributed by atoms with Crippen LogP contribution in [-0.2, 0) is 4.79 Å². The second kappa shape index (κ2) is 10.5. The second-order valence-corrected chi connectivity index (χ2v) is 5.24. The van der Waals surface area contributed by atoms with Gasteiger partial charge in [0.1, 0.15) is 18.4 Å². The fourth-order valence-corrected chi connectivity index (χ4v) is 1.87. The molecule has 0 amide bonds. The number of para-hydroxylation sites is 1. The predicted octanol–water partition coefficient (Wildman–Crippen LogP) is 1.62. The van der Waals surface area contributed by atoms with Crippen molar-refractivity contribution in [2.75, 3.05) is 19.4 Å². The van der Waals surface area contributed by atoms with E-state index < -0.39 is 12.0 Å². The maximum absolute atomic E-state index is 10.1. The van der Waals surface area contributed by atoms with Crippen molar-refractivity contribution in [1.29, 1.82) is 0 Å². The first-order valence-corrected chi connectivity index (χ1v) is 7.42. The van der Waals surface area contributed by atoms with Crippen LogP contribution in [0.25, 0.3) is 0 Å². The van der Waals surface area contributed by atoms with E-state index in [1.54, 1.807) is 7.05 Å². The molecule has 0 saturated carbocycles. The van der Waals surface area contributed by atoms with Crippen LogP contribution in [0.3, 0.4) is 0 Å². The summed E-state index contributed by atoms with van der Waals surface area (Å²) in [6.07, 6.45) is 0. The molecule has 21 heavy (non-hydrogen) atoms. The summed E-state index contributed by atoms with van der Waals surface area (Å²) in [7, 11) is 1.59. The minimum absolute atomic E-state index is 0.0824. The zero-order valence-electron chi connectivity index (χ0n) is 13.1. The molecule has 0 aliphatic heterocycles. The Bertz CT molecular complexity index is 415. The van der Waals surface area contributed by atoms with Gasteiger partial charge < -0.3 is 20.9 Å². The molecule has 5 nitrogen and oxygen atoms in total. The third kappa shape index (κ3) is 7.94. The number of nitrogens with two attached hydrogens (primary N) is 1. The van der Waals surface area contributed by atoms with Gasteiger partial charge in [-0.05, 0) is 38.9 Å². The molecule has 2 unspecified atom stereocenters. The van der Waals surface area contributed by atoms with Crippen molar-refractivity contribution in [1.82, 2.24) is 5.32 Å². The first-order chi connectivity index (χ1) is 9.83. The molecule has 1 aromatic rings. The van der Waals surface area contributed by atoms with Crippen molar-refractivity contribution in [2.45, 2.75) is 32.9 Å². The standard InChI is InChI=1S/C11H17NO.C4H9NO2S/c1-8-5-4-6-9(2)11(8)13-7-10(3)12;1-5-3(2-8)4(6)7/h4-6,10H,7,12H2,1-3H3;3,5,8H,2H2,1H3,(H,6,7). The van der Waals surface area contributed by atoms with Crippen LogP contribution in [0.1, 0.15) is 18.1 Å². The number of aliphatic carboxylic acids is 1. The lowest BCUT2D eigenvalue weighted by Crippen LogP contribution is -2.35. The molecule has 0 radical (unpaired) electrons. The molecule has 120 valence electrons. The van der Waals surface area contributed by atoms with Gasteiger partial charge in [-0.25, -0.2) is 0 Å². The molecule has 0 spiro atoms. The Kier molecular flexibility index (Phi) is 9.86. The second-order valence-electron chi connectivity index (χ2n) is 4.87. The smallest absolute Gasteiger partial charge is 0.321 e. The summed E-state index contributed by atoms with van der Waals surface area (Å²) in [6.45, 7) is 6.60. The molecular formula is C15H26N2O3S. The number of likely N-dealkylation sites (N-methyl/N-ethyl adjacent to an activating group) is 1. The molecule has 0 fully saturated rings. The molecule has 2 atom stereocenters. The van der Waals surface area contributed by atoms with Gasteiger partial charge in [-0.15, -0.1) is 0 Å². The van der Waals surface area contributed by atoms with Gasteiger partial charge in [-0.3, -0.25) is 4.79 Å². The number of thiol groups is 1. The number of rotatable bonds is 6. The van der Waals surface area contributed by atoms with Crippen LogP contribution < -0.4 is 15.8 Å². The Labute approximate surface area is 132 Å². The highest BCUT2D eigenvalue weighted by atomic mass is 32.1. The minimum atomic E-state index is -0.859. The number of benzene rings is 1. The zero-order chi connectivity index (χ0) is 16.4. The summed E-state index contributed by atoms with van der Waals surface area (Å²) in [4.78, 5) is 10.1. The Balaban J connectivity index is 0.000000433. The number of carboxylic acid groups (broad SMARTS) is 1. The Morgan fingerprint density at radius 1 is 1.43 bits per heavy atom. The number of carbonyl (C=O) groups is 1. The van der Waals surface area contributed by atoms with Crippen LogP contribution in [-0.4, -0.2) is 42.6 Å². The van der Waals surface area contributed by atoms with Crippen LogP contribution in [0.5, 0.6) is 5.75 Å². The summed E-state index contributed by atoms with van der Waals surface area (Å²) >= 11 is 3.79. The summed E-state index contributed by atoms with van der Waals surface area (Å²) in [5.41, 5.74) is 7.95. The third-order valence-corrected chi connectivity index (χ3v) is 3.09. The van der Waals surface area contributed by atoms with E-state index in [0.717, 1.165) is 5.75 Å². The number of nitrogens with one attached hydrogen (secondary N) is 1. The number of hydrogen-bond acceptors (Lipinski definition) is 5. The van der Waals surface area contributed by atoms with E-state index in [9.17, 15) is 4.79 Å². The summed E-state index contributed by atoms with van der Waals surface area (Å²) in [5.74, 6) is 0.438. The largest absolute Gasteiger partial charge is 0.491 e. The lowest BCUT2D eigenvalue weighted by atomic mass is 10.1. The van der Waals surface area contributed by atoms with Gasteiger partial charge in [0, 0.05) is 11.8 Å². The van der Waals surface area contributed by atoms with Crippen molar-refractivity contribution < 1.29 is 14.6 Å². The van der Waals surface area contributed by atoms with Gasteiger partial charge >= 0.3 is 5.97 Å². The van der Waals surface area contributed by atoms with Gasteiger partial charge in [0.25, 0.3) is 0 Å². The number of aryl methyl sites for hydroxylation is 2. The first-order valence-electron chi connectivity index (χ1n) is 6.79. The highest BCUT2D eigenvalue weighted by Gasteiger charge is 2.10. The van der Waals surface area contributed by atoms with E-state index in [2.05, 4.69) is 17.9 Å². The molecule has 0 aromatic heterocycles. The van der Waals surface area contributed by atoms with Crippen molar-refractivity contribution in [2.24, 2.45) is 5.73 Å². The van der Waals surface area contributed by atoms with Gasteiger partial charge in [0.2, 0.25) is 0 Å². The van der Waals surface area contributed by atoms with Crippen molar-refractivity contribution >= 4 is 18.6 Å². The minimum Gasteiger partial charge on any atom is -0.491 e. The maximum Gasteiger partial charge on any atom is 0.321 e. The lowest BCUT2D eigenvalue weighted by molar-refractivity contribution is -0.138. The highest BCUT2D eigenvalue weighted by Crippen LogP contribution is 2.22. The van der Waals surface area contributed by atoms with Crippen LogP contribution >= 0.6 is 12.6 Å². The molecule has 0 saturated heterocycles.